The zero-order chi connectivity index (χ0) is 20.0. The van der Waals surface area contributed by atoms with Crippen LogP contribution in [-0.4, -0.2) is 52.6 Å². The highest BCUT2D eigenvalue weighted by atomic mass is 32.2. The fraction of sp³-hybridized carbons (Fsp3) is 0.611. The molecular formula is C18H28N2O6S. The SMILES string of the molecule is CCOC(=O)[C@H]1CCCN(S(=O)(=O)N[C@H](C)c2cc(OC)ccc2OC)C1. The maximum Gasteiger partial charge on any atom is 0.310 e. The van der Waals surface area contributed by atoms with Crippen molar-refractivity contribution in [3.63, 3.8) is 0 Å². The normalized spacial score (nSPS) is 19.3. The third-order valence-corrected chi connectivity index (χ3v) is 6.24. The van der Waals surface area contributed by atoms with Crippen LogP contribution in [0.2, 0.25) is 0 Å². The van der Waals surface area contributed by atoms with Gasteiger partial charge in [0.15, 0.2) is 0 Å². The van der Waals surface area contributed by atoms with Gasteiger partial charge in [0, 0.05) is 24.7 Å². The number of nitrogens with zero attached hydrogens (tertiary/aromatic N) is 1. The number of carbonyl (C=O) groups is 1. The molecule has 1 aromatic rings. The van der Waals surface area contributed by atoms with E-state index in [4.69, 9.17) is 14.2 Å². The molecular weight excluding hydrogens is 372 g/mol. The molecule has 152 valence electrons. The van der Waals surface area contributed by atoms with Gasteiger partial charge in [0.2, 0.25) is 0 Å². The van der Waals surface area contributed by atoms with Crippen LogP contribution in [0.15, 0.2) is 18.2 Å². The van der Waals surface area contributed by atoms with Crippen LogP contribution in [0.4, 0.5) is 0 Å². The second kappa shape index (κ2) is 9.38. The Morgan fingerprint density at radius 2 is 2.07 bits per heavy atom. The average Bonchev–Trinajstić information content (AvgIpc) is 2.67. The Labute approximate surface area is 161 Å². The lowest BCUT2D eigenvalue weighted by Gasteiger charge is -2.31. The first kappa shape index (κ1) is 21.5. The molecule has 8 nitrogen and oxygen atoms in total. The molecule has 2 atom stereocenters. The van der Waals surface area contributed by atoms with E-state index in [1.54, 1.807) is 39.2 Å². The predicted octanol–water partition coefficient (Wildman–Crippen LogP) is 1.87. The van der Waals surface area contributed by atoms with E-state index in [9.17, 15) is 13.2 Å². The Morgan fingerprint density at radius 3 is 2.70 bits per heavy atom. The predicted molar refractivity (Wildman–Crippen MR) is 101 cm³/mol. The molecule has 1 heterocycles. The van der Waals surface area contributed by atoms with Crippen molar-refractivity contribution in [1.29, 1.82) is 0 Å². The molecule has 0 radical (unpaired) electrons. The summed E-state index contributed by atoms with van der Waals surface area (Å²) in [6.07, 6.45) is 1.24. The van der Waals surface area contributed by atoms with E-state index < -0.39 is 22.2 Å². The largest absolute Gasteiger partial charge is 0.497 e. The van der Waals surface area contributed by atoms with Crippen LogP contribution in [0.5, 0.6) is 11.5 Å². The highest BCUT2D eigenvalue weighted by Crippen LogP contribution is 2.30. The topological polar surface area (TPSA) is 94.2 Å². The quantitative estimate of drug-likeness (QED) is 0.670. The molecule has 1 aromatic carbocycles. The molecule has 0 amide bonds. The first-order chi connectivity index (χ1) is 12.8. The van der Waals surface area contributed by atoms with Crippen LogP contribution in [0, 0.1) is 5.92 Å². The Morgan fingerprint density at radius 1 is 1.33 bits per heavy atom. The number of nitrogens with one attached hydrogen (secondary N) is 1. The van der Waals surface area contributed by atoms with Gasteiger partial charge in [0.05, 0.1) is 26.7 Å². The maximum atomic E-state index is 12.8. The number of rotatable bonds is 8. The Balaban J connectivity index is 2.14. The summed E-state index contributed by atoms with van der Waals surface area (Å²) in [5.74, 6) is 0.392. The molecule has 1 fully saturated rings. The summed E-state index contributed by atoms with van der Waals surface area (Å²) in [6, 6.07) is 4.68. The van der Waals surface area contributed by atoms with E-state index in [0.717, 1.165) is 0 Å². The van der Waals surface area contributed by atoms with Gasteiger partial charge in [0.1, 0.15) is 11.5 Å². The molecule has 0 bridgehead atoms. The summed E-state index contributed by atoms with van der Waals surface area (Å²) in [5, 5.41) is 0. The smallest absolute Gasteiger partial charge is 0.310 e. The summed E-state index contributed by atoms with van der Waals surface area (Å²) in [6.45, 7) is 4.25. The van der Waals surface area contributed by atoms with Crippen LogP contribution >= 0.6 is 0 Å². The lowest BCUT2D eigenvalue weighted by atomic mass is 10.0. The standard InChI is InChI=1S/C18H28N2O6S/c1-5-26-18(21)14-7-6-10-20(12-14)27(22,23)19-13(2)16-11-15(24-3)8-9-17(16)25-4/h8-9,11,13-14,19H,5-7,10,12H2,1-4H3/t13-,14+/m1/s1. The first-order valence-electron chi connectivity index (χ1n) is 8.98. The fourth-order valence-electron chi connectivity index (χ4n) is 3.15. The van der Waals surface area contributed by atoms with Gasteiger partial charge in [-0.1, -0.05) is 0 Å². The number of hydrogen-bond donors (Lipinski definition) is 1. The lowest BCUT2D eigenvalue weighted by Crippen LogP contribution is -2.48. The van der Waals surface area contributed by atoms with E-state index in [-0.39, 0.29) is 19.1 Å². The molecule has 0 unspecified atom stereocenters. The van der Waals surface area contributed by atoms with Crippen LogP contribution in [0.1, 0.15) is 38.3 Å². The molecule has 1 saturated heterocycles. The number of ether oxygens (including phenoxy) is 3. The van der Waals surface area contributed by atoms with Gasteiger partial charge in [-0.3, -0.25) is 4.79 Å². The Bertz CT molecular complexity index is 752. The minimum atomic E-state index is -3.78. The monoisotopic (exact) mass is 400 g/mol. The zero-order valence-corrected chi connectivity index (χ0v) is 17.0. The van der Waals surface area contributed by atoms with Crippen molar-refractivity contribution >= 4 is 16.2 Å². The average molecular weight is 400 g/mol. The highest BCUT2D eigenvalue weighted by Gasteiger charge is 2.34. The summed E-state index contributed by atoms with van der Waals surface area (Å²) in [4.78, 5) is 12.0. The maximum absolute atomic E-state index is 12.8. The molecule has 1 aliphatic rings. The Hall–Kier alpha value is -1.84. The van der Waals surface area contributed by atoms with Crippen molar-refractivity contribution in [3.8, 4) is 11.5 Å². The molecule has 1 aliphatic heterocycles. The van der Waals surface area contributed by atoms with Gasteiger partial charge in [-0.05, 0) is 44.9 Å². The molecule has 9 heteroatoms. The molecule has 0 spiro atoms. The fourth-order valence-corrected chi connectivity index (χ4v) is 4.62. The van der Waals surface area contributed by atoms with Gasteiger partial charge in [0.25, 0.3) is 10.2 Å². The van der Waals surface area contributed by atoms with Gasteiger partial charge in [-0.2, -0.15) is 17.4 Å². The summed E-state index contributed by atoms with van der Waals surface area (Å²) < 4.78 is 45.3. The van der Waals surface area contributed by atoms with E-state index in [0.29, 0.717) is 36.4 Å². The highest BCUT2D eigenvalue weighted by molar-refractivity contribution is 7.87. The van der Waals surface area contributed by atoms with Crippen LogP contribution in [0.25, 0.3) is 0 Å². The number of piperidine rings is 1. The van der Waals surface area contributed by atoms with E-state index in [1.165, 1.54) is 11.4 Å². The molecule has 27 heavy (non-hydrogen) atoms. The zero-order valence-electron chi connectivity index (χ0n) is 16.2. The van der Waals surface area contributed by atoms with Crippen LogP contribution in [0.3, 0.4) is 0 Å². The second-order valence-electron chi connectivity index (χ2n) is 6.40. The van der Waals surface area contributed by atoms with Gasteiger partial charge < -0.3 is 14.2 Å². The van der Waals surface area contributed by atoms with Crippen LogP contribution < -0.4 is 14.2 Å². The third kappa shape index (κ3) is 5.33. The van der Waals surface area contributed by atoms with Crippen molar-refractivity contribution in [1.82, 2.24) is 9.03 Å². The van der Waals surface area contributed by atoms with Crippen molar-refractivity contribution in [2.24, 2.45) is 5.92 Å². The van der Waals surface area contributed by atoms with Crippen molar-refractivity contribution in [2.75, 3.05) is 33.9 Å². The van der Waals surface area contributed by atoms with Crippen LogP contribution in [-0.2, 0) is 19.7 Å². The molecule has 0 aromatic heterocycles. The van der Waals surface area contributed by atoms with Gasteiger partial charge >= 0.3 is 5.97 Å². The molecule has 1 N–H and O–H groups in total. The summed E-state index contributed by atoms with van der Waals surface area (Å²) in [5.41, 5.74) is 0.666. The van der Waals surface area contributed by atoms with Crippen molar-refractivity contribution < 1.29 is 27.4 Å². The van der Waals surface area contributed by atoms with Crippen molar-refractivity contribution in [2.45, 2.75) is 32.7 Å². The summed E-state index contributed by atoms with van der Waals surface area (Å²) >= 11 is 0. The summed E-state index contributed by atoms with van der Waals surface area (Å²) in [7, 11) is -0.703. The van der Waals surface area contributed by atoms with E-state index >= 15 is 0 Å². The molecule has 0 aliphatic carbocycles. The number of benzene rings is 1. The second-order valence-corrected chi connectivity index (χ2v) is 8.10. The van der Waals surface area contributed by atoms with E-state index in [2.05, 4.69) is 4.72 Å². The molecule has 0 saturated carbocycles. The van der Waals surface area contributed by atoms with Crippen molar-refractivity contribution in [3.05, 3.63) is 23.8 Å². The lowest BCUT2D eigenvalue weighted by molar-refractivity contribution is -0.149. The van der Waals surface area contributed by atoms with Gasteiger partial charge in [-0.25, -0.2) is 0 Å². The Kier molecular flexibility index (Phi) is 7.46. The first-order valence-corrected chi connectivity index (χ1v) is 10.4. The molecule has 2 rings (SSSR count). The van der Waals surface area contributed by atoms with E-state index in [1.807, 2.05) is 0 Å². The number of carbonyl (C=O) groups excluding carboxylic acids is 1. The minimum absolute atomic E-state index is 0.121. The number of hydrogen-bond acceptors (Lipinski definition) is 6. The minimum Gasteiger partial charge on any atom is -0.497 e. The third-order valence-electron chi connectivity index (χ3n) is 4.57. The number of methoxy groups -OCH3 is 2. The van der Waals surface area contributed by atoms with Gasteiger partial charge in [-0.15, -0.1) is 0 Å². The number of esters is 1.